The van der Waals surface area contributed by atoms with E-state index in [9.17, 15) is 13.6 Å². The van der Waals surface area contributed by atoms with Crippen LogP contribution in [-0.2, 0) is 16.1 Å². The average Bonchev–Trinajstić information content (AvgIpc) is 2.95. The van der Waals surface area contributed by atoms with E-state index in [0.717, 1.165) is 12.5 Å². The summed E-state index contributed by atoms with van der Waals surface area (Å²) in [7, 11) is 0. The third-order valence-electron chi connectivity index (χ3n) is 3.56. The maximum absolute atomic E-state index is 13.6. The molecule has 0 spiro atoms. The lowest BCUT2D eigenvalue weighted by atomic mass is 9.85. The predicted octanol–water partition coefficient (Wildman–Crippen LogP) is 3.61. The molecule has 1 saturated carbocycles. The minimum absolute atomic E-state index is 0.0353. The summed E-state index contributed by atoms with van der Waals surface area (Å²) in [6.07, 6.45) is 1.27. The smallest absolute Gasteiger partial charge is 0.304 e. The topological polar surface area (TPSA) is 37.3 Å². The van der Waals surface area contributed by atoms with E-state index < -0.39 is 17.3 Å². The molecule has 1 aromatic carbocycles. The fourth-order valence-electron chi connectivity index (χ4n) is 2.46. The summed E-state index contributed by atoms with van der Waals surface area (Å²) in [6, 6.07) is 4.78. The van der Waals surface area contributed by atoms with E-state index in [-0.39, 0.29) is 12.0 Å². The molecule has 0 atom stereocenters. The minimum Gasteiger partial charge on any atom is -0.481 e. The number of aryl methyl sites for hydroxylation is 1. The van der Waals surface area contributed by atoms with Crippen LogP contribution in [0.25, 0.3) is 0 Å². The van der Waals surface area contributed by atoms with Crippen LogP contribution in [0.2, 0.25) is 0 Å². The SMILES string of the molecule is Cc1ccc(C(C)(F)F)c(C2(CC(=O)O)CC2)c1. The van der Waals surface area contributed by atoms with Crippen molar-refractivity contribution in [1.29, 1.82) is 0 Å². The molecule has 0 unspecified atom stereocenters. The van der Waals surface area contributed by atoms with Gasteiger partial charge in [0, 0.05) is 17.9 Å². The number of hydrogen-bond acceptors (Lipinski definition) is 1. The van der Waals surface area contributed by atoms with Gasteiger partial charge in [0.2, 0.25) is 0 Å². The number of halogens is 2. The third kappa shape index (κ3) is 2.37. The van der Waals surface area contributed by atoms with Gasteiger partial charge in [0.05, 0.1) is 6.42 Å². The zero-order valence-corrected chi connectivity index (χ0v) is 10.5. The first-order valence-electron chi connectivity index (χ1n) is 5.96. The summed E-state index contributed by atoms with van der Waals surface area (Å²) in [6.45, 7) is 2.69. The summed E-state index contributed by atoms with van der Waals surface area (Å²) in [5, 5.41) is 8.93. The largest absolute Gasteiger partial charge is 0.481 e. The zero-order valence-electron chi connectivity index (χ0n) is 10.5. The highest BCUT2D eigenvalue weighted by molar-refractivity contribution is 5.70. The Morgan fingerprint density at radius 1 is 1.44 bits per heavy atom. The van der Waals surface area contributed by atoms with Gasteiger partial charge in [-0.1, -0.05) is 23.8 Å². The molecule has 0 radical (unpaired) electrons. The van der Waals surface area contributed by atoms with Gasteiger partial charge in [-0.05, 0) is 25.3 Å². The highest BCUT2D eigenvalue weighted by atomic mass is 19.3. The van der Waals surface area contributed by atoms with E-state index in [0.29, 0.717) is 18.4 Å². The first-order chi connectivity index (χ1) is 8.24. The lowest BCUT2D eigenvalue weighted by molar-refractivity contribution is -0.137. The predicted molar refractivity (Wildman–Crippen MR) is 63.9 cm³/mol. The van der Waals surface area contributed by atoms with Gasteiger partial charge in [-0.2, -0.15) is 0 Å². The number of hydrogen-bond donors (Lipinski definition) is 1. The van der Waals surface area contributed by atoms with Gasteiger partial charge in [-0.3, -0.25) is 4.79 Å². The number of rotatable bonds is 4. The van der Waals surface area contributed by atoms with Crippen LogP contribution in [0, 0.1) is 6.92 Å². The van der Waals surface area contributed by atoms with E-state index in [1.165, 1.54) is 6.07 Å². The molecule has 1 fully saturated rings. The summed E-state index contributed by atoms with van der Waals surface area (Å²) >= 11 is 0. The first kappa shape index (κ1) is 13.0. The van der Waals surface area contributed by atoms with Crippen molar-refractivity contribution in [2.24, 2.45) is 0 Å². The molecule has 1 N–H and O–H groups in total. The molecule has 0 heterocycles. The number of alkyl halides is 2. The molecule has 1 aliphatic rings. The molecule has 0 aromatic heterocycles. The highest BCUT2D eigenvalue weighted by Gasteiger charge is 2.49. The van der Waals surface area contributed by atoms with Crippen LogP contribution in [0.1, 0.15) is 42.9 Å². The minimum atomic E-state index is -2.93. The summed E-state index contributed by atoms with van der Waals surface area (Å²) < 4.78 is 27.2. The number of carbonyl (C=O) groups is 1. The van der Waals surface area contributed by atoms with Crippen molar-refractivity contribution in [3.05, 3.63) is 34.9 Å². The Morgan fingerprint density at radius 2 is 2.06 bits per heavy atom. The van der Waals surface area contributed by atoms with Gasteiger partial charge in [-0.15, -0.1) is 0 Å². The van der Waals surface area contributed by atoms with E-state index in [2.05, 4.69) is 0 Å². The fourth-order valence-corrected chi connectivity index (χ4v) is 2.46. The van der Waals surface area contributed by atoms with Crippen LogP contribution in [0.4, 0.5) is 8.78 Å². The molecule has 2 rings (SSSR count). The van der Waals surface area contributed by atoms with E-state index in [4.69, 9.17) is 5.11 Å². The summed E-state index contributed by atoms with van der Waals surface area (Å²) in [5.74, 6) is -3.86. The maximum atomic E-state index is 13.6. The Hall–Kier alpha value is -1.45. The van der Waals surface area contributed by atoms with Crippen LogP contribution in [0.5, 0.6) is 0 Å². The van der Waals surface area contributed by atoms with Crippen molar-refractivity contribution in [3.8, 4) is 0 Å². The molecule has 1 aromatic rings. The van der Waals surface area contributed by atoms with Crippen LogP contribution < -0.4 is 0 Å². The molecule has 0 aliphatic heterocycles. The Morgan fingerprint density at radius 3 is 2.50 bits per heavy atom. The second-order valence-electron chi connectivity index (χ2n) is 5.29. The number of benzene rings is 1. The molecular formula is C14H16F2O2. The zero-order chi connectivity index (χ0) is 13.6. The molecular weight excluding hydrogens is 238 g/mol. The molecule has 18 heavy (non-hydrogen) atoms. The van der Waals surface area contributed by atoms with Crippen molar-refractivity contribution < 1.29 is 18.7 Å². The average molecular weight is 254 g/mol. The summed E-state index contributed by atoms with van der Waals surface area (Å²) in [5.41, 5.74) is 0.783. The van der Waals surface area contributed by atoms with Gasteiger partial charge >= 0.3 is 5.97 Å². The molecule has 98 valence electrons. The fraction of sp³-hybridized carbons (Fsp3) is 0.500. The molecule has 4 heteroatoms. The normalized spacial score (nSPS) is 17.6. The standard InChI is InChI=1S/C14H16F2O2/c1-9-3-4-10(13(2,15)16)11(7-9)14(5-6-14)8-12(17)18/h3-4,7H,5-6,8H2,1-2H3,(H,17,18). The van der Waals surface area contributed by atoms with Crippen LogP contribution in [0.15, 0.2) is 18.2 Å². The number of aliphatic carboxylic acids is 1. The molecule has 0 amide bonds. The van der Waals surface area contributed by atoms with E-state index in [1.807, 2.05) is 6.92 Å². The lowest BCUT2D eigenvalue weighted by Gasteiger charge is -2.22. The molecule has 0 saturated heterocycles. The number of carboxylic acid groups (broad SMARTS) is 1. The molecule has 2 nitrogen and oxygen atoms in total. The Balaban J connectivity index is 2.49. The van der Waals surface area contributed by atoms with Gasteiger partial charge in [0.1, 0.15) is 0 Å². The molecule has 1 aliphatic carbocycles. The van der Waals surface area contributed by atoms with E-state index >= 15 is 0 Å². The maximum Gasteiger partial charge on any atom is 0.304 e. The highest BCUT2D eigenvalue weighted by Crippen LogP contribution is 2.54. The van der Waals surface area contributed by atoms with Gasteiger partial charge in [0.15, 0.2) is 0 Å². The number of carboxylic acids is 1. The van der Waals surface area contributed by atoms with Crippen molar-refractivity contribution in [2.75, 3.05) is 0 Å². The summed E-state index contributed by atoms with van der Waals surface area (Å²) in [4.78, 5) is 10.9. The van der Waals surface area contributed by atoms with Crippen LogP contribution >= 0.6 is 0 Å². The lowest BCUT2D eigenvalue weighted by Crippen LogP contribution is -2.20. The Labute approximate surface area is 105 Å². The van der Waals surface area contributed by atoms with Crippen molar-refractivity contribution in [1.82, 2.24) is 0 Å². The van der Waals surface area contributed by atoms with Gasteiger partial charge in [-0.25, -0.2) is 8.78 Å². The quantitative estimate of drug-likeness (QED) is 0.891. The van der Waals surface area contributed by atoms with Crippen LogP contribution in [0.3, 0.4) is 0 Å². The first-order valence-corrected chi connectivity index (χ1v) is 5.96. The Bertz CT molecular complexity index is 485. The molecule has 0 bridgehead atoms. The van der Waals surface area contributed by atoms with Crippen LogP contribution in [-0.4, -0.2) is 11.1 Å². The van der Waals surface area contributed by atoms with E-state index in [1.54, 1.807) is 12.1 Å². The second kappa shape index (κ2) is 4.04. The monoisotopic (exact) mass is 254 g/mol. The van der Waals surface area contributed by atoms with Crippen molar-refractivity contribution >= 4 is 5.97 Å². The third-order valence-corrected chi connectivity index (χ3v) is 3.56. The Kier molecular flexibility index (Phi) is 2.92. The van der Waals surface area contributed by atoms with Gasteiger partial charge in [0.25, 0.3) is 5.92 Å². The van der Waals surface area contributed by atoms with Crippen molar-refractivity contribution in [3.63, 3.8) is 0 Å². The van der Waals surface area contributed by atoms with Gasteiger partial charge < -0.3 is 5.11 Å². The second-order valence-corrected chi connectivity index (χ2v) is 5.29. The van der Waals surface area contributed by atoms with Crippen molar-refractivity contribution in [2.45, 2.75) is 44.4 Å².